The van der Waals surface area contributed by atoms with Gasteiger partial charge in [-0.15, -0.1) is 0 Å². The zero-order chi connectivity index (χ0) is 13.4. The smallest absolute Gasteiger partial charge is 0.229 e. The summed E-state index contributed by atoms with van der Waals surface area (Å²) in [5.41, 5.74) is 3.31. The number of furan rings is 1. The zero-order valence-electron chi connectivity index (χ0n) is 10.8. The fourth-order valence-corrected chi connectivity index (χ4v) is 2.14. The number of aryl methyl sites for hydroxylation is 2. The number of benzene rings is 1. The molecule has 0 aliphatic heterocycles. The maximum Gasteiger partial charge on any atom is 0.229 e. The minimum absolute atomic E-state index is 0.133. The Hall–Kier alpha value is -2.42. The molecule has 0 unspecified atom stereocenters. The normalized spacial score (nSPS) is 10.8. The Morgan fingerprint density at radius 1 is 1.16 bits per heavy atom. The topological polar surface area (TPSA) is 43.1 Å². The molecule has 0 radical (unpaired) electrons. The van der Waals surface area contributed by atoms with E-state index in [1.165, 1.54) is 0 Å². The van der Waals surface area contributed by atoms with Crippen LogP contribution in [0.3, 0.4) is 0 Å². The number of aromatic nitrogens is 1. The van der Waals surface area contributed by atoms with Gasteiger partial charge in [0.25, 0.3) is 0 Å². The van der Waals surface area contributed by atoms with Gasteiger partial charge in [0.15, 0.2) is 5.76 Å². The molecular weight excluding hydrogens is 238 g/mol. The lowest BCUT2D eigenvalue weighted by Crippen LogP contribution is -2.00. The lowest BCUT2D eigenvalue weighted by atomic mass is 10.1. The summed E-state index contributed by atoms with van der Waals surface area (Å²) >= 11 is 0. The van der Waals surface area contributed by atoms with Crippen molar-refractivity contribution in [3.8, 4) is 0 Å². The number of nitrogens with zero attached hydrogens (tertiary/aromatic N) is 1. The third kappa shape index (κ3) is 2.03. The van der Waals surface area contributed by atoms with Crippen LogP contribution in [-0.4, -0.2) is 10.8 Å². The second-order valence-corrected chi connectivity index (χ2v) is 4.68. The summed E-state index contributed by atoms with van der Waals surface area (Å²) in [5, 5.41) is 0.948. The van der Waals surface area contributed by atoms with Gasteiger partial charge in [-0.1, -0.05) is 18.2 Å². The molecule has 0 atom stereocenters. The van der Waals surface area contributed by atoms with E-state index < -0.39 is 0 Å². The van der Waals surface area contributed by atoms with Gasteiger partial charge in [0.1, 0.15) is 5.58 Å². The number of para-hydroxylation sites is 1. The van der Waals surface area contributed by atoms with Crippen LogP contribution in [0.5, 0.6) is 0 Å². The molecule has 3 heteroatoms. The molecule has 3 rings (SSSR count). The molecule has 0 fully saturated rings. The molecule has 2 heterocycles. The first-order valence-corrected chi connectivity index (χ1v) is 6.10. The standard InChI is InChI=1S/C16H13NO2/c1-10-6-13(9-17-8-10)15(18)14-7-12-5-3-4-11(2)16(12)19-14/h3-9H,1-2H3. The second kappa shape index (κ2) is 4.35. The zero-order valence-corrected chi connectivity index (χ0v) is 10.8. The maximum absolute atomic E-state index is 12.3. The van der Waals surface area contributed by atoms with Crippen molar-refractivity contribution in [3.05, 3.63) is 65.2 Å². The van der Waals surface area contributed by atoms with Crippen LogP contribution in [0, 0.1) is 13.8 Å². The largest absolute Gasteiger partial charge is 0.452 e. The number of hydrogen-bond acceptors (Lipinski definition) is 3. The number of hydrogen-bond donors (Lipinski definition) is 0. The van der Waals surface area contributed by atoms with Gasteiger partial charge in [0, 0.05) is 23.3 Å². The monoisotopic (exact) mass is 251 g/mol. The number of carbonyl (C=O) groups excluding carboxylic acids is 1. The van der Waals surface area contributed by atoms with Crippen LogP contribution in [0.1, 0.15) is 27.2 Å². The maximum atomic E-state index is 12.3. The summed E-state index contributed by atoms with van der Waals surface area (Å²) in [6.45, 7) is 3.88. The molecule has 19 heavy (non-hydrogen) atoms. The molecule has 0 spiro atoms. The summed E-state index contributed by atoms with van der Waals surface area (Å²) in [5.74, 6) is 0.225. The molecule has 3 aromatic rings. The minimum atomic E-state index is -0.133. The summed E-state index contributed by atoms with van der Waals surface area (Å²) in [4.78, 5) is 16.4. The average molecular weight is 251 g/mol. The summed E-state index contributed by atoms with van der Waals surface area (Å²) in [6, 6.07) is 9.46. The molecule has 3 nitrogen and oxygen atoms in total. The van der Waals surface area contributed by atoms with Crippen molar-refractivity contribution in [2.45, 2.75) is 13.8 Å². The van der Waals surface area contributed by atoms with E-state index in [-0.39, 0.29) is 5.78 Å². The van der Waals surface area contributed by atoms with Crippen molar-refractivity contribution >= 4 is 16.8 Å². The average Bonchev–Trinajstić information content (AvgIpc) is 2.83. The van der Waals surface area contributed by atoms with Gasteiger partial charge >= 0.3 is 0 Å². The van der Waals surface area contributed by atoms with Crippen LogP contribution in [0.4, 0.5) is 0 Å². The van der Waals surface area contributed by atoms with Gasteiger partial charge in [-0.2, -0.15) is 0 Å². The first-order valence-electron chi connectivity index (χ1n) is 6.10. The summed E-state index contributed by atoms with van der Waals surface area (Å²) in [6.07, 6.45) is 3.29. The van der Waals surface area contributed by atoms with Crippen molar-refractivity contribution < 1.29 is 9.21 Å². The van der Waals surface area contributed by atoms with Gasteiger partial charge in [0.2, 0.25) is 5.78 Å². The quantitative estimate of drug-likeness (QED) is 0.652. The Labute approximate surface area is 110 Å². The molecule has 0 bridgehead atoms. The molecular formula is C16H13NO2. The van der Waals surface area contributed by atoms with Crippen LogP contribution in [0.25, 0.3) is 11.0 Å². The number of ketones is 1. The Morgan fingerprint density at radius 2 is 2.00 bits per heavy atom. The lowest BCUT2D eigenvalue weighted by Gasteiger charge is -1.98. The Kier molecular flexibility index (Phi) is 2.67. The van der Waals surface area contributed by atoms with E-state index in [2.05, 4.69) is 4.98 Å². The molecule has 0 amide bonds. The lowest BCUT2D eigenvalue weighted by molar-refractivity contribution is 0.101. The number of carbonyl (C=O) groups is 1. The van der Waals surface area contributed by atoms with Crippen molar-refractivity contribution in [1.29, 1.82) is 0 Å². The van der Waals surface area contributed by atoms with Gasteiger partial charge in [-0.3, -0.25) is 9.78 Å². The molecule has 1 aromatic carbocycles. The first-order chi connectivity index (χ1) is 9.15. The predicted molar refractivity (Wildman–Crippen MR) is 73.4 cm³/mol. The van der Waals surface area contributed by atoms with Gasteiger partial charge in [0.05, 0.1) is 0 Å². The van der Waals surface area contributed by atoms with Crippen LogP contribution >= 0.6 is 0 Å². The molecule has 2 aromatic heterocycles. The van der Waals surface area contributed by atoms with Gasteiger partial charge in [-0.25, -0.2) is 0 Å². The van der Waals surface area contributed by atoms with Gasteiger partial charge < -0.3 is 4.42 Å². The fourth-order valence-electron chi connectivity index (χ4n) is 2.14. The van der Waals surface area contributed by atoms with E-state index in [1.54, 1.807) is 18.5 Å². The third-order valence-electron chi connectivity index (χ3n) is 3.10. The number of rotatable bonds is 2. The first kappa shape index (κ1) is 11.7. The molecule has 0 saturated heterocycles. The van der Waals surface area contributed by atoms with Crippen LogP contribution in [-0.2, 0) is 0 Å². The highest BCUT2D eigenvalue weighted by atomic mass is 16.3. The Bertz CT molecular complexity index is 771. The third-order valence-corrected chi connectivity index (χ3v) is 3.10. The van der Waals surface area contributed by atoms with E-state index in [0.29, 0.717) is 11.3 Å². The molecule has 94 valence electrons. The van der Waals surface area contributed by atoms with Crippen LogP contribution < -0.4 is 0 Å². The minimum Gasteiger partial charge on any atom is -0.452 e. The second-order valence-electron chi connectivity index (χ2n) is 4.68. The van der Waals surface area contributed by atoms with Crippen molar-refractivity contribution in [3.63, 3.8) is 0 Å². The Morgan fingerprint density at radius 3 is 2.74 bits per heavy atom. The highest BCUT2D eigenvalue weighted by Gasteiger charge is 2.15. The highest BCUT2D eigenvalue weighted by Crippen LogP contribution is 2.24. The highest BCUT2D eigenvalue weighted by molar-refractivity contribution is 6.09. The van der Waals surface area contributed by atoms with Crippen molar-refractivity contribution in [1.82, 2.24) is 4.98 Å². The number of pyridine rings is 1. The van der Waals surface area contributed by atoms with Crippen molar-refractivity contribution in [2.75, 3.05) is 0 Å². The van der Waals surface area contributed by atoms with E-state index in [1.807, 2.05) is 38.1 Å². The molecule has 0 saturated carbocycles. The van der Waals surface area contributed by atoms with Crippen LogP contribution in [0.2, 0.25) is 0 Å². The van der Waals surface area contributed by atoms with Crippen LogP contribution in [0.15, 0.2) is 47.1 Å². The molecule has 0 aliphatic rings. The fraction of sp³-hybridized carbons (Fsp3) is 0.125. The van der Waals surface area contributed by atoms with Gasteiger partial charge in [-0.05, 0) is 37.1 Å². The Balaban J connectivity index is 2.09. The summed E-state index contributed by atoms with van der Waals surface area (Å²) in [7, 11) is 0. The van der Waals surface area contributed by atoms with E-state index >= 15 is 0 Å². The van der Waals surface area contributed by atoms with E-state index in [9.17, 15) is 4.79 Å². The number of fused-ring (bicyclic) bond motifs is 1. The summed E-state index contributed by atoms with van der Waals surface area (Å²) < 4.78 is 5.68. The van der Waals surface area contributed by atoms with E-state index in [0.717, 1.165) is 22.1 Å². The van der Waals surface area contributed by atoms with E-state index in [4.69, 9.17) is 4.42 Å². The SMILES string of the molecule is Cc1cncc(C(=O)c2cc3cccc(C)c3o2)c1. The molecule has 0 aliphatic carbocycles. The van der Waals surface area contributed by atoms with Crippen molar-refractivity contribution in [2.24, 2.45) is 0 Å². The molecule has 0 N–H and O–H groups in total. The predicted octanol–water partition coefficient (Wildman–Crippen LogP) is 3.68.